The summed E-state index contributed by atoms with van der Waals surface area (Å²) in [6.07, 6.45) is 72.9. The molecule has 1 atom stereocenters. The number of hydrogen-bond acceptors (Lipinski definition) is 6. The Bertz CT molecular complexity index is 1450. The number of ether oxygens (including phenoxy) is 3. The van der Waals surface area contributed by atoms with Crippen LogP contribution in [0.4, 0.5) is 0 Å². The van der Waals surface area contributed by atoms with Crippen LogP contribution in [0.15, 0.2) is 134 Å². The molecule has 0 spiro atoms. The van der Waals surface area contributed by atoms with Crippen molar-refractivity contribution in [2.24, 2.45) is 0 Å². The van der Waals surface area contributed by atoms with E-state index in [-0.39, 0.29) is 44.0 Å². The predicted octanol–water partition coefficient (Wildman–Crippen LogP) is 17.1. The lowest BCUT2D eigenvalue weighted by molar-refractivity contribution is -0.167. The quantitative estimate of drug-likeness (QED) is 0.0199. The van der Waals surface area contributed by atoms with Crippen molar-refractivity contribution in [3.05, 3.63) is 134 Å². The molecule has 65 heavy (non-hydrogen) atoms. The van der Waals surface area contributed by atoms with Gasteiger partial charge in [0.05, 0.1) is 0 Å². The van der Waals surface area contributed by atoms with Gasteiger partial charge in [-0.1, -0.05) is 212 Å². The highest BCUT2D eigenvalue weighted by molar-refractivity contribution is 5.71. The minimum Gasteiger partial charge on any atom is -0.462 e. The third kappa shape index (κ3) is 50.4. The fraction of sp³-hybridized carbons (Fsp3) is 0.576. The lowest BCUT2D eigenvalue weighted by Crippen LogP contribution is -2.30. The minimum absolute atomic E-state index is 0.117. The molecule has 0 aromatic heterocycles. The normalized spacial score (nSPS) is 13.2. The first-order valence-corrected chi connectivity index (χ1v) is 25.8. The number of rotatable bonds is 44. The lowest BCUT2D eigenvalue weighted by Gasteiger charge is -2.18. The summed E-state index contributed by atoms with van der Waals surface area (Å²) in [5.41, 5.74) is 0. The maximum atomic E-state index is 12.8. The van der Waals surface area contributed by atoms with E-state index in [4.69, 9.17) is 14.2 Å². The van der Waals surface area contributed by atoms with Gasteiger partial charge in [0.25, 0.3) is 0 Å². The average molecular weight is 897 g/mol. The van der Waals surface area contributed by atoms with Gasteiger partial charge in [-0.15, -0.1) is 0 Å². The van der Waals surface area contributed by atoms with Gasteiger partial charge >= 0.3 is 17.9 Å². The molecule has 0 heterocycles. The summed E-state index contributed by atoms with van der Waals surface area (Å²) in [4.78, 5) is 38.0. The van der Waals surface area contributed by atoms with Crippen molar-refractivity contribution in [2.45, 2.75) is 207 Å². The molecular formula is C59H92O6. The molecule has 0 aliphatic rings. The molecule has 0 bridgehead atoms. The van der Waals surface area contributed by atoms with E-state index in [0.717, 1.165) is 122 Å². The molecule has 0 aliphatic heterocycles. The van der Waals surface area contributed by atoms with Crippen LogP contribution >= 0.6 is 0 Å². The van der Waals surface area contributed by atoms with E-state index >= 15 is 0 Å². The van der Waals surface area contributed by atoms with Gasteiger partial charge in [-0.25, -0.2) is 0 Å². The third-order valence-electron chi connectivity index (χ3n) is 10.2. The molecule has 0 rings (SSSR count). The second-order valence-electron chi connectivity index (χ2n) is 16.4. The second kappa shape index (κ2) is 52.2. The number of esters is 3. The van der Waals surface area contributed by atoms with Gasteiger partial charge in [-0.3, -0.25) is 14.4 Å². The summed E-state index contributed by atoms with van der Waals surface area (Å²) in [5, 5.41) is 0. The Morgan fingerprint density at radius 1 is 0.338 bits per heavy atom. The highest BCUT2D eigenvalue weighted by atomic mass is 16.6. The topological polar surface area (TPSA) is 78.9 Å². The Morgan fingerprint density at radius 3 is 1.18 bits per heavy atom. The van der Waals surface area contributed by atoms with Crippen LogP contribution in [-0.2, 0) is 28.6 Å². The minimum atomic E-state index is -0.823. The molecule has 0 N–H and O–H groups in total. The molecule has 0 amide bonds. The molecule has 1 unspecified atom stereocenters. The third-order valence-corrected chi connectivity index (χ3v) is 10.2. The van der Waals surface area contributed by atoms with Crippen molar-refractivity contribution in [1.29, 1.82) is 0 Å². The van der Waals surface area contributed by atoms with Crippen molar-refractivity contribution in [3.63, 3.8) is 0 Å². The fourth-order valence-corrected chi connectivity index (χ4v) is 6.42. The van der Waals surface area contributed by atoms with Gasteiger partial charge in [0.1, 0.15) is 13.2 Å². The first-order valence-electron chi connectivity index (χ1n) is 25.8. The van der Waals surface area contributed by atoms with Crippen LogP contribution < -0.4 is 0 Å². The van der Waals surface area contributed by atoms with Gasteiger partial charge in [0.2, 0.25) is 0 Å². The van der Waals surface area contributed by atoms with Crippen LogP contribution in [0.25, 0.3) is 0 Å². The highest BCUT2D eigenvalue weighted by Gasteiger charge is 2.19. The average Bonchev–Trinajstić information content (AvgIpc) is 3.30. The van der Waals surface area contributed by atoms with E-state index < -0.39 is 6.10 Å². The number of hydrogen-bond donors (Lipinski definition) is 0. The van der Waals surface area contributed by atoms with Gasteiger partial charge in [-0.05, 0) is 103 Å². The van der Waals surface area contributed by atoms with Crippen LogP contribution in [0.1, 0.15) is 201 Å². The predicted molar refractivity (Wildman–Crippen MR) is 279 cm³/mol. The van der Waals surface area contributed by atoms with Gasteiger partial charge < -0.3 is 14.2 Å². The molecule has 364 valence electrons. The monoisotopic (exact) mass is 897 g/mol. The maximum absolute atomic E-state index is 12.8. The largest absolute Gasteiger partial charge is 0.462 e. The summed E-state index contributed by atoms with van der Waals surface area (Å²) < 4.78 is 16.7. The van der Waals surface area contributed by atoms with E-state index in [0.29, 0.717) is 12.8 Å². The second-order valence-corrected chi connectivity index (χ2v) is 16.4. The zero-order valence-corrected chi connectivity index (χ0v) is 41.4. The Kier molecular flexibility index (Phi) is 48.6. The molecule has 6 heteroatoms. The van der Waals surface area contributed by atoms with Crippen LogP contribution in [-0.4, -0.2) is 37.2 Å². The zero-order chi connectivity index (χ0) is 47.2. The van der Waals surface area contributed by atoms with Gasteiger partial charge in [0.15, 0.2) is 6.10 Å². The van der Waals surface area contributed by atoms with Crippen LogP contribution in [0, 0.1) is 0 Å². The summed E-state index contributed by atoms with van der Waals surface area (Å²) in [7, 11) is 0. The maximum Gasteiger partial charge on any atom is 0.306 e. The zero-order valence-electron chi connectivity index (χ0n) is 41.4. The van der Waals surface area contributed by atoms with E-state index in [9.17, 15) is 14.4 Å². The number of carbonyl (C=O) groups excluding carboxylic acids is 3. The Labute approximate surface area is 398 Å². The molecule has 0 radical (unpaired) electrons. The van der Waals surface area contributed by atoms with E-state index in [1.807, 2.05) is 24.3 Å². The van der Waals surface area contributed by atoms with Crippen LogP contribution in [0.3, 0.4) is 0 Å². The molecule has 0 aromatic carbocycles. The molecule has 6 nitrogen and oxygen atoms in total. The summed E-state index contributed by atoms with van der Waals surface area (Å²) >= 11 is 0. The summed E-state index contributed by atoms with van der Waals surface area (Å²) in [5.74, 6) is -1.02. The van der Waals surface area contributed by atoms with Crippen molar-refractivity contribution in [1.82, 2.24) is 0 Å². The molecule has 0 aromatic rings. The van der Waals surface area contributed by atoms with Crippen molar-refractivity contribution in [3.8, 4) is 0 Å². The lowest BCUT2D eigenvalue weighted by atomic mass is 10.1. The first kappa shape index (κ1) is 60.5. The van der Waals surface area contributed by atoms with Crippen molar-refractivity contribution < 1.29 is 28.6 Å². The van der Waals surface area contributed by atoms with E-state index in [1.54, 1.807) is 0 Å². The molecule has 0 aliphatic carbocycles. The summed E-state index contributed by atoms with van der Waals surface area (Å²) in [6.45, 7) is 6.25. The SMILES string of the molecule is CC\C=C/C=C\C=C/C=C\CCCCCCCC(=O)OC(COC(=O)CCC/C=C\C/C=C\C/C=C\C/C=C\C/C=C\CC)COC(=O)CCCCCCCC/C=C\C=C/CCCCC. The molecule has 0 fully saturated rings. The molecular weight excluding hydrogens is 805 g/mol. The smallest absolute Gasteiger partial charge is 0.306 e. The fourth-order valence-electron chi connectivity index (χ4n) is 6.42. The van der Waals surface area contributed by atoms with Crippen LogP contribution in [0.5, 0.6) is 0 Å². The van der Waals surface area contributed by atoms with E-state index in [1.165, 1.54) is 32.1 Å². The van der Waals surface area contributed by atoms with Crippen LogP contribution in [0.2, 0.25) is 0 Å². The van der Waals surface area contributed by atoms with Crippen molar-refractivity contribution in [2.75, 3.05) is 13.2 Å². The van der Waals surface area contributed by atoms with Crippen molar-refractivity contribution >= 4 is 17.9 Å². The molecule has 0 saturated heterocycles. The number of allylic oxidation sites excluding steroid dienone is 22. The Balaban J connectivity index is 4.57. The first-order chi connectivity index (χ1) is 32.0. The summed E-state index contributed by atoms with van der Waals surface area (Å²) in [6, 6.07) is 0. The van der Waals surface area contributed by atoms with Gasteiger partial charge in [-0.2, -0.15) is 0 Å². The number of carbonyl (C=O) groups is 3. The molecule has 0 saturated carbocycles. The van der Waals surface area contributed by atoms with E-state index in [2.05, 4.69) is 130 Å². The standard InChI is InChI=1S/C59H92O6/c1-4-7-10-13-16-19-22-25-28-29-32-34-37-40-43-46-49-52-58(61)64-55-56(65-59(62)53-50-47-44-41-38-35-31-27-24-21-18-15-12-9-6-3)54-63-57(60)51-48-45-42-39-36-33-30-26-23-20-17-14-11-8-5-2/h7,9-10,12,15-21,23-28,31-32,34,40,43,56H,4-6,8,11,13-14,22,29-30,33,35-39,41-42,44-55H2,1-3H3/b10-7-,12-9-,18-15-,19-16-,20-17-,24-21-,26-23-,28-25-,31-27-,34-32-,43-40-. The Morgan fingerprint density at radius 2 is 0.692 bits per heavy atom. The number of unbranched alkanes of at least 4 members (excludes halogenated alkanes) is 15. The highest BCUT2D eigenvalue weighted by Crippen LogP contribution is 2.12. The Hall–Kier alpha value is -4.45. The van der Waals surface area contributed by atoms with Gasteiger partial charge in [0, 0.05) is 19.3 Å².